The van der Waals surface area contributed by atoms with Crippen LogP contribution in [-0.4, -0.2) is 56.6 Å². The maximum absolute atomic E-state index is 12.1. The number of sulfonamides is 2. The van der Waals surface area contributed by atoms with Gasteiger partial charge in [0.15, 0.2) is 5.65 Å². The Morgan fingerprint density at radius 3 is 2.15 bits per heavy atom. The summed E-state index contributed by atoms with van der Waals surface area (Å²) in [6.45, 7) is 1.91. The highest BCUT2D eigenvalue weighted by Crippen LogP contribution is 2.37. The predicted octanol–water partition coefficient (Wildman–Crippen LogP) is 2.87. The molecule has 2 heterocycles. The Bertz CT molecular complexity index is 1540. The molecule has 4 rings (SSSR count). The topological polar surface area (TPSA) is 138 Å². The Morgan fingerprint density at radius 2 is 1.56 bits per heavy atom. The minimum Gasteiger partial charge on any atom is -0.497 e. The van der Waals surface area contributed by atoms with Crippen LogP contribution in [0.5, 0.6) is 5.75 Å². The Hall–Kier alpha value is -3.71. The number of H-pyrrole nitrogens is 1. The zero-order chi connectivity index (χ0) is 24.7. The van der Waals surface area contributed by atoms with E-state index in [0.717, 1.165) is 29.1 Å². The molecule has 4 aromatic rings. The third-order valence-corrected chi connectivity index (χ3v) is 8.20. The zero-order valence-corrected chi connectivity index (χ0v) is 20.4. The fourth-order valence-corrected chi connectivity index (χ4v) is 6.53. The van der Waals surface area contributed by atoms with Crippen LogP contribution in [0.4, 0.5) is 23.0 Å². The van der Waals surface area contributed by atoms with Gasteiger partial charge in [-0.15, -0.1) is 0 Å². The van der Waals surface area contributed by atoms with Gasteiger partial charge in [0.1, 0.15) is 5.75 Å². The summed E-state index contributed by atoms with van der Waals surface area (Å²) in [5.74, 6) is 1.01. The monoisotopic (exact) mass is 502 g/mol. The normalized spacial score (nSPS) is 12.0. The molecule has 0 saturated carbocycles. The summed E-state index contributed by atoms with van der Waals surface area (Å²) in [6.07, 6.45) is 4.92. The number of anilines is 4. The van der Waals surface area contributed by atoms with Gasteiger partial charge in [0.2, 0.25) is 26.0 Å². The molecule has 0 amide bonds. The molecule has 34 heavy (non-hydrogen) atoms. The minimum absolute atomic E-state index is 0.00917. The smallest absolute Gasteiger partial charge is 0.245 e. The van der Waals surface area contributed by atoms with E-state index in [2.05, 4.69) is 20.2 Å². The molecule has 0 bridgehead atoms. The number of ether oxygens (including phenoxy) is 1. The van der Waals surface area contributed by atoms with Crippen LogP contribution in [0.3, 0.4) is 0 Å². The van der Waals surface area contributed by atoms with Crippen LogP contribution in [0.1, 0.15) is 5.56 Å². The zero-order valence-electron chi connectivity index (χ0n) is 18.8. The molecule has 0 aliphatic rings. The SMILES string of the molecule is COc1ccc(N(c2ccc(N(S(C)(=O)=O)S(C)(=O)=O)cc2)c2ncc3cn[nH]c3n2)c(C)c1. The van der Waals surface area contributed by atoms with Crippen molar-refractivity contribution in [2.75, 3.05) is 28.2 Å². The Labute approximate surface area is 197 Å². The number of aromatic nitrogens is 4. The minimum atomic E-state index is -4.06. The van der Waals surface area contributed by atoms with Gasteiger partial charge in [0, 0.05) is 11.9 Å². The molecule has 178 valence electrons. The molecular formula is C21H22N6O5S2. The first kappa shape index (κ1) is 23.4. The molecule has 2 aromatic heterocycles. The highest BCUT2D eigenvalue weighted by molar-refractivity contribution is 8.09. The quantitative estimate of drug-likeness (QED) is 0.404. The Balaban J connectivity index is 1.87. The van der Waals surface area contributed by atoms with Gasteiger partial charge in [-0.1, -0.05) is 0 Å². The lowest BCUT2D eigenvalue weighted by Crippen LogP contribution is -2.35. The van der Waals surface area contributed by atoms with E-state index in [-0.39, 0.29) is 5.69 Å². The predicted molar refractivity (Wildman–Crippen MR) is 130 cm³/mol. The van der Waals surface area contributed by atoms with Crippen LogP contribution < -0.4 is 13.3 Å². The number of benzene rings is 2. The maximum Gasteiger partial charge on any atom is 0.245 e. The first-order chi connectivity index (χ1) is 16.0. The van der Waals surface area contributed by atoms with Crippen molar-refractivity contribution in [1.29, 1.82) is 0 Å². The number of hydrogen-bond acceptors (Lipinski definition) is 9. The maximum atomic E-state index is 12.1. The summed E-state index contributed by atoms with van der Waals surface area (Å²) in [5, 5.41) is 7.54. The van der Waals surface area contributed by atoms with Crippen molar-refractivity contribution < 1.29 is 21.6 Å². The lowest BCUT2D eigenvalue weighted by Gasteiger charge is -2.26. The standard InChI is InChI=1S/C21H22N6O5S2/c1-14-11-18(32-2)9-10-19(14)26(21-22-12-15-13-23-25-20(15)24-21)16-5-7-17(8-6-16)27(33(3,28)29)34(4,30)31/h5-13H,1-4H3,(H,22,23,24,25). The number of aryl methyl sites for hydroxylation is 1. The molecule has 1 N–H and O–H groups in total. The molecule has 0 saturated heterocycles. The van der Waals surface area contributed by atoms with Gasteiger partial charge in [-0.2, -0.15) is 13.8 Å². The largest absolute Gasteiger partial charge is 0.497 e. The molecule has 2 aromatic carbocycles. The van der Waals surface area contributed by atoms with Crippen molar-refractivity contribution in [3.05, 3.63) is 60.4 Å². The number of fused-ring (bicyclic) bond motifs is 1. The van der Waals surface area contributed by atoms with Crippen LogP contribution in [-0.2, 0) is 20.0 Å². The van der Waals surface area contributed by atoms with E-state index >= 15 is 0 Å². The Kier molecular flexibility index (Phi) is 5.91. The molecule has 0 aliphatic carbocycles. The lowest BCUT2D eigenvalue weighted by atomic mass is 10.1. The number of rotatable bonds is 7. The molecule has 13 heteroatoms. The first-order valence-corrected chi connectivity index (χ1v) is 13.6. The van der Waals surface area contributed by atoms with Crippen molar-refractivity contribution in [3.8, 4) is 5.75 Å². The van der Waals surface area contributed by atoms with Crippen molar-refractivity contribution in [1.82, 2.24) is 20.2 Å². The molecule has 0 unspecified atom stereocenters. The summed E-state index contributed by atoms with van der Waals surface area (Å²) < 4.78 is 54.3. The van der Waals surface area contributed by atoms with Crippen molar-refractivity contribution in [3.63, 3.8) is 0 Å². The van der Waals surface area contributed by atoms with Gasteiger partial charge in [0.05, 0.1) is 42.6 Å². The van der Waals surface area contributed by atoms with E-state index in [1.807, 2.05) is 19.1 Å². The van der Waals surface area contributed by atoms with E-state index in [1.165, 1.54) is 12.1 Å². The average molecular weight is 503 g/mol. The van der Waals surface area contributed by atoms with E-state index in [9.17, 15) is 16.8 Å². The molecular weight excluding hydrogens is 480 g/mol. The molecule has 11 nitrogen and oxygen atoms in total. The van der Waals surface area contributed by atoms with Crippen LogP contribution >= 0.6 is 0 Å². The molecule has 0 fully saturated rings. The summed E-state index contributed by atoms with van der Waals surface area (Å²) >= 11 is 0. The van der Waals surface area contributed by atoms with Gasteiger partial charge >= 0.3 is 0 Å². The van der Waals surface area contributed by atoms with E-state index in [0.29, 0.717) is 26.7 Å². The van der Waals surface area contributed by atoms with Gasteiger partial charge in [-0.05, 0) is 55.0 Å². The van der Waals surface area contributed by atoms with Gasteiger partial charge in [0.25, 0.3) is 0 Å². The molecule has 0 spiro atoms. The lowest BCUT2D eigenvalue weighted by molar-refractivity contribution is 0.414. The van der Waals surface area contributed by atoms with Crippen molar-refractivity contribution in [2.45, 2.75) is 6.92 Å². The molecule has 0 atom stereocenters. The highest BCUT2D eigenvalue weighted by atomic mass is 32.3. The van der Waals surface area contributed by atoms with E-state index in [1.54, 1.807) is 42.6 Å². The van der Waals surface area contributed by atoms with Crippen LogP contribution in [0.2, 0.25) is 0 Å². The van der Waals surface area contributed by atoms with Crippen molar-refractivity contribution in [2.24, 2.45) is 0 Å². The van der Waals surface area contributed by atoms with Crippen LogP contribution in [0.25, 0.3) is 11.0 Å². The first-order valence-electron chi connectivity index (χ1n) is 9.90. The third-order valence-electron chi connectivity index (χ3n) is 4.94. The van der Waals surface area contributed by atoms with Gasteiger partial charge in [-0.25, -0.2) is 21.8 Å². The third kappa shape index (κ3) is 4.52. The summed E-state index contributed by atoms with van der Waals surface area (Å²) in [6, 6.07) is 11.5. The Morgan fingerprint density at radius 1 is 0.912 bits per heavy atom. The molecule has 0 radical (unpaired) electrons. The van der Waals surface area contributed by atoms with E-state index < -0.39 is 20.0 Å². The summed E-state index contributed by atoms with van der Waals surface area (Å²) in [7, 11) is -6.55. The van der Waals surface area contributed by atoms with Crippen molar-refractivity contribution >= 4 is 54.1 Å². The number of nitrogens with one attached hydrogen (secondary N) is 1. The summed E-state index contributed by atoms with van der Waals surface area (Å²) in [5.41, 5.74) is 2.72. The second-order valence-corrected chi connectivity index (χ2v) is 11.5. The average Bonchev–Trinajstić information content (AvgIpc) is 3.22. The number of hydrogen-bond donors (Lipinski definition) is 1. The summed E-state index contributed by atoms with van der Waals surface area (Å²) in [4.78, 5) is 10.8. The van der Waals surface area contributed by atoms with E-state index in [4.69, 9.17) is 4.74 Å². The van der Waals surface area contributed by atoms with Crippen LogP contribution in [0.15, 0.2) is 54.9 Å². The van der Waals surface area contributed by atoms with Crippen LogP contribution in [0, 0.1) is 6.92 Å². The van der Waals surface area contributed by atoms with Gasteiger partial charge < -0.3 is 4.74 Å². The second kappa shape index (κ2) is 8.57. The fraction of sp³-hybridized carbons (Fsp3) is 0.190. The number of methoxy groups -OCH3 is 1. The number of nitrogens with zero attached hydrogens (tertiary/aromatic N) is 5. The fourth-order valence-electron chi connectivity index (χ4n) is 3.56. The highest BCUT2D eigenvalue weighted by Gasteiger charge is 2.27. The molecule has 0 aliphatic heterocycles. The second-order valence-electron chi connectivity index (χ2n) is 7.57. The van der Waals surface area contributed by atoms with Gasteiger partial charge in [-0.3, -0.25) is 10.00 Å². The number of aromatic amines is 1.